The van der Waals surface area contributed by atoms with E-state index in [1.807, 2.05) is 13.8 Å². The van der Waals surface area contributed by atoms with E-state index < -0.39 is 35.8 Å². The Labute approximate surface area is 229 Å². The Hall–Kier alpha value is -3.96. The van der Waals surface area contributed by atoms with Crippen LogP contribution >= 0.6 is 0 Å². The van der Waals surface area contributed by atoms with Gasteiger partial charge in [-0.1, -0.05) is 0 Å². The predicted molar refractivity (Wildman–Crippen MR) is 140 cm³/mol. The molecule has 0 aromatic carbocycles. The Balaban J connectivity index is 1.40. The van der Waals surface area contributed by atoms with Crippen molar-refractivity contribution in [3.8, 4) is 11.1 Å². The third-order valence-electron chi connectivity index (χ3n) is 7.62. The number of carbonyl (C=O) groups is 2. The molecule has 1 atom stereocenters. The summed E-state index contributed by atoms with van der Waals surface area (Å²) in [5.74, 6) is -1.50. The van der Waals surface area contributed by atoms with Crippen LogP contribution in [0.2, 0.25) is 0 Å². The molecule has 12 heteroatoms. The van der Waals surface area contributed by atoms with Gasteiger partial charge in [0.05, 0.1) is 11.1 Å². The second kappa shape index (κ2) is 10.9. The summed E-state index contributed by atoms with van der Waals surface area (Å²) in [4.78, 5) is 30.7. The van der Waals surface area contributed by atoms with Crippen LogP contribution in [0, 0.1) is 35.8 Å². The van der Waals surface area contributed by atoms with Crippen molar-refractivity contribution in [2.75, 3.05) is 5.32 Å². The fourth-order valence-corrected chi connectivity index (χ4v) is 5.31. The summed E-state index contributed by atoms with van der Waals surface area (Å²) >= 11 is 0. The van der Waals surface area contributed by atoms with E-state index in [0.29, 0.717) is 17.5 Å². The second-order valence-corrected chi connectivity index (χ2v) is 10.9. The summed E-state index contributed by atoms with van der Waals surface area (Å²) in [6.45, 7) is 5.19. The highest BCUT2D eigenvalue weighted by molar-refractivity contribution is 6.00. The summed E-state index contributed by atoms with van der Waals surface area (Å²) in [6, 6.07) is 4.35. The number of nitrogens with zero attached hydrogens (tertiary/aromatic N) is 4. The van der Waals surface area contributed by atoms with Crippen molar-refractivity contribution >= 4 is 17.6 Å². The lowest BCUT2D eigenvalue weighted by Crippen LogP contribution is -2.50. The fourth-order valence-electron chi connectivity index (χ4n) is 5.31. The molecule has 0 bridgehead atoms. The van der Waals surface area contributed by atoms with E-state index in [1.165, 1.54) is 25.3 Å². The van der Waals surface area contributed by atoms with E-state index >= 15 is 4.39 Å². The van der Waals surface area contributed by atoms with Gasteiger partial charge in [-0.3, -0.25) is 14.3 Å². The van der Waals surface area contributed by atoms with Crippen LogP contribution in [0.3, 0.4) is 0 Å². The normalized spacial score (nSPS) is 16.0. The number of hydrogen-bond donors (Lipinski definition) is 2. The Morgan fingerprint density at radius 1 is 1.10 bits per heavy atom. The number of anilines is 1. The highest BCUT2D eigenvalue weighted by Crippen LogP contribution is 2.51. The topological polar surface area (TPSA) is 116 Å². The van der Waals surface area contributed by atoms with Gasteiger partial charge in [0.1, 0.15) is 17.6 Å². The number of rotatable bonds is 10. The molecule has 2 amide bonds. The van der Waals surface area contributed by atoms with Crippen LogP contribution in [-0.2, 0) is 4.79 Å². The van der Waals surface area contributed by atoms with E-state index in [0.717, 1.165) is 37.9 Å². The zero-order chi connectivity index (χ0) is 28.7. The molecule has 212 valence electrons. The van der Waals surface area contributed by atoms with Crippen molar-refractivity contribution < 1.29 is 27.5 Å². The highest BCUT2D eigenvalue weighted by Gasteiger charge is 2.48. The van der Waals surface area contributed by atoms with Crippen molar-refractivity contribution in [2.24, 2.45) is 17.8 Å². The number of carbonyl (C=O) groups excluding carboxylic acids is 2. The summed E-state index contributed by atoms with van der Waals surface area (Å²) in [6.07, 6.45) is 3.27. The van der Waals surface area contributed by atoms with Crippen LogP contribution in [0.15, 0.2) is 36.7 Å². The Kier molecular flexibility index (Phi) is 7.52. The van der Waals surface area contributed by atoms with E-state index in [4.69, 9.17) is 0 Å². The summed E-state index contributed by atoms with van der Waals surface area (Å²) < 4.78 is 43.5. The van der Waals surface area contributed by atoms with Gasteiger partial charge in [0.2, 0.25) is 11.9 Å². The Morgan fingerprint density at radius 2 is 1.77 bits per heavy atom. The van der Waals surface area contributed by atoms with E-state index in [9.17, 15) is 23.6 Å². The summed E-state index contributed by atoms with van der Waals surface area (Å²) in [7, 11) is 0. The quantitative estimate of drug-likeness (QED) is 0.213. The molecular formula is C28H31F3N6O3. The van der Waals surface area contributed by atoms with Crippen LogP contribution in [0.5, 0.6) is 0 Å². The lowest BCUT2D eigenvalue weighted by molar-refractivity contribution is -0.612. The molecule has 5 rings (SSSR count). The number of alkyl halides is 2. The van der Waals surface area contributed by atoms with Crippen LogP contribution in [0.4, 0.5) is 19.0 Å². The van der Waals surface area contributed by atoms with Crippen LogP contribution in [0.1, 0.15) is 73.7 Å². The van der Waals surface area contributed by atoms with Gasteiger partial charge in [-0.15, -0.1) is 0 Å². The standard InChI is InChI=1S/C28H31F3N6O3/c1-14(2)37-21(10-11-32-37)27(38)35-24(23(16-4-5-16)17-6-7-17)28(39)34-22-9-8-19(26(31)33-22)20-12-18(25(29)30)13-36(40)15(20)3/h8-14,16-17,23-25H,4-7H2,1-3H3,(H,35,38)(H,33,34,39)/t24-/m0/s1. The van der Waals surface area contributed by atoms with Crippen molar-refractivity contribution in [3.63, 3.8) is 0 Å². The maximum atomic E-state index is 15.1. The molecule has 2 saturated carbocycles. The Bertz CT molecular complexity index is 1420. The van der Waals surface area contributed by atoms with Crippen molar-refractivity contribution in [2.45, 2.75) is 65.0 Å². The summed E-state index contributed by atoms with van der Waals surface area (Å²) in [5, 5.41) is 21.9. The molecule has 0 aliphatic heterocycles. The van der Waals surface area contributed by atoms with Gasteiger partial charge in [0, 0.05) is 24.7 Å². The first-order chi connectivity index (χ1) is 19.0. The van der Waals surface area contributed by atoms with Crippen LogP contribution < -0.4 is 15.4 Å². The second-order valence-electron chi connectivity index (χ2n) is 10.9. The molecule has 2 aliphatic rings. The number of pyridine rings is 2. The van der Waals surface area contributed by atoms with Crippen molar-refractivity contribution in [1.82, 2.24) is 20.1 Å². The number of amides is 2. The van der Waals surface area contributed by atoms with Gasteiger partial charge in [0.15, 0.2) is 11.9 Å². The van der Waals surface area contributed by atoms with Gasteiger partial charge in [0.25, 0.3) is 12.3 Å². The number of aromatic nitrogens is 4. The first kappa shape index (κ1) is 27.6. The molecule has 3 heterocycles. The van der Waals surface area contributed by atoms with Crippen molar-refractivity contribution in [3.05, 3.63) is 64.8 Å². The van der Waals surface area contributed by atoms with Gasteiger partial charge < -0.3 is 15.8 Å². The van der Waals surface area contributed by atoms with Crippen LogP contribution in [0.25, 0.3) is 11.1 Å². The molecule has 0 unspecified atom stereocenters. The monoisotopic (exact) mass is 556 g/mol. The van der Waals surface area contributed by atoms with Gasteiger partial charge in [-0.2, -0.15) is 14.2 Å². The molecule has 3 aromatic heterocycles. The molecule has 40 heavy (non-hydrogen) atoms. The molecule has 2 fully saturated rings. The molecule has 3 aromatic rings. The molecule has 9 nitrogen and oxygen atoms in total. The minimum atomic E-state index is -2.91. The molecule has 0 radical (unpaired) electrons. The fraction of sp³-hybridized carbons (Fsp3) is 0.464. The average molecular weight is 557 g/mol. The van der Waals surface area contributed by atoms with Gasteiger partial charge >= 0.3 is 0 Å². The smallest absolute Gasteiger partial charge is 0.270 e. The minimum Gasteiger partial charge on any atom is -0.618 e. The maximum absolute atomic E-state index is 15.1. The molecule has 2 N–H and O–H groups in total. The van der Waals surface area contributed by atoms with Crippen molar-refractivity contribution in [1.29, 1.82) is 0 Å². The zero-order valence-electron chi connectivity index (χ0n) is 22.4. The van der Waals surface area contributed by atoms with Gasteiger partial charge in [-0.25, -0.2) is 13.8 Å². The molecule has 2 aliphatic carbocycles. The Morgan fingerprint density at radius 3 is 2.35 bits per heavy atom. The summed E-state index contributed by atoms with van der Waals surface area (Å²) in [5.41, 5.74) is -0.352. The lowest BCUT2D eigenvalue weighted by atomic mass is 9.88. The number of hydrogen-bond acceptors (Lipinski definition) is 5. The first-order valence-electron chi connectivity index (χ1n) is 13.4. The van der Waals surface area contributed by atoms with Crippen LogP contribution in [-0.4, -0.2) is 32.6 Å². The average Bonchev–Trinajstić information content (AvgIpc) is 3.84. The zero-order valence-corrected chi connectivity index (χ0v) is 22.4. The SMILES string of the molecule is Cc1c(-c2ccc(NC(=O)[C@@H](NC(=O)c3ccnn3C(C)C)C(C3CC3)C3CC3)nc2F)cc(C(F)F)c[n+]1[O-]. The minimum absolute atomic E-state index is 0.0230. The lowest BCUT2D eigenvalue weighted by Gasteiger charge is -2.27. The highest BCUT2D eigenvalue weighted by atomic mass is 19.3. The van der Waals surface area contributed by atoms with Gasteiger partial charge in [-0.05, 0) is 81.5 Å². The van der Waals surface area contributed by atoms with E-state index in [1.54, 1.807) is 10.7 Å². The van der Waals surface area contributed by atoms with E-state index in [-0.39, 0.29) is 39.3 Å². The predicted octanol–water partition coefficient (Wildman–Crippen LogP) is 4.72. The maximum Gasteiger partial charge on any atom is 0.270 e. The van der Waals surface area contributed by atoms with E-state index in [2.05, 4.69) is 20.7 Å². The number of nitrogens with one attached hydrogen (secondary N) is 2. The first-order valence-corrected chi connectivity index (χ1v) is 13.4. The molecule has 0 spiro atoms. The molecule has 0 saturated heterocycles. The third kappa shape index (κ3) is 5.66. The molecular weight excluding hydrogens is 525 g/mol. The number of halogens is 3. The largest absolute Gasteiger partial charge is 0.618 e. The third-order valence-corrected chi connectivity index (χ3v) is 7.62.